The van der Waals surface area contributed by atoms with E-state index in [0.29, 0.717) is 19.4 Å². The highest BCUT2D eigenvalue weighted by Crippen LogP contribution is 2.29. The van der Waals surface area contributed by atoms with Gasteiger partial charge in [-0.3, -0.25) is 14.4 Å². The summed E-state index contributed by atoms with van der Waals surface area (Å²) in [4.78, 5) is 55.6. The van der Waals surface area contributed by atoms with Gasteiger partial charge in [-0.2, -0.15) is 0 Å². The zero-order valence-electron chi connectivity index (χ0n) is 27.2. The van der Waals surface area contributed by atoms with E-state index in [1.807, 2.05) is 44.2 Å². The van der Waals surface area contributed by atoms with E-state index in [9.17, 15) is 24.3 Å². The fraction of sp³-hybridized carbons (Fsp3) is 0.697. The predicted octanol–water partition coefficient (Wildman–Crippen LogP) is 3.76. The lowest BCUT2D eigenvalue weighted by molar-refractivity contribution is -0.147. The molecule has 10 heteroatoms. The molecule has 7 atom stereocenters. The molecule has 1 saturated heterocycles. The Bertz CT molecular complexity index is 1050. The molecular weight excluding hydrogens is 550 g/mol. The van der Waals surface area contributed by atoms with Crippen molar-refractivity contribution in [3.05, 3.63) is 35.9 Å². The molecule has 1 heterocycles. The van der Waals surface area contributed by atoms with E-state index < -0.39 is 36.0 Å². The van der Waals surface area contributed by atoms with Gasteiger partial charge in [0.2, 0.25) is 17.7 Å². The highest BCUT2D eigenvalue weighted by Gasteiger charge is 2.42. The largest absolute Gasteiger partial charge is 0.480 e. The van der Waals surface area contributed by atoms with Crippen LogP contribution in [0.5, 0.6) is 0 Å². The van der Waals surface area contributed by atoms with Crippen LogP contribution in [0.3, 0.4) is 0 Å². The summed E-state index contributed by atoms with van der Waals surface area (Å²) in [7, 11) is 4.88. The Hall–Kier alpha value is -2.98. The summed E-state index contributed by atoms with van der Waals surface area (Å²) in [5.41, 5.74) is 0.804. The number of likely N-dealkylation sites (N-methyl/N-ethyl adjacent to an activating group) is 1. The number of benzene rings is 1. The summed E-state index contributed by atoms with van der Waals surface area (Å²) >= 11 is 0. The summed E-state index contributed by atoms with van der Waals surface area (Å²) in [5, 5.41) is 12.5. The standard InChI is InChI=1S/C33H53N3O7/c1-9-22(4)30(35(6)28(37)18-21(2)3)27(42-7)20-29(38)36-17-13-16-26(36)31(43-8)23(5)32(39)34-25(33(40)41)19-24-14-11-10-12-15-24/h10-12,14-15,21-23,25-27,30-31H,9,13,16-20H2,1-8H3,(H,34,39)(H,40,41)/t22?,23-,25?,26?,27?,30?,31?/m1/s1. The summed E-state index contributed by atoms with van der Waals surface area (Å²) in [6.07, 6.45) is 1.79. The zero-order valence-corrected chi connectivity index (χ0v) is 27.2. The molecule has 6 unspecified atom stereocenters. The van der Waals surface area contributed by atoms with Crippen LogP contribution in [-0.4, -0.2) is 96.7 Å². The van der Waals surface area contributed by atoms with Crippen LogP contribution in [-0.2, 0) is 35.1 Å². The van der Waals surface area contributed by atoms with Gasteiger partial charge in [0, 0.05) is 40.7 Å². The lowest BCUT2D eigenvalue weighted by atomic mass is 9.90. The lowest BCUT2D eigenvalue weighted by Gasteiger charge is -2.39. The van der Waals surface area contributed by atoms with Crippen molar-refractivity contribution in [2.45, 2.75) is 103 Å². The second-order valence-electron chi connectivity index (χ2n) is 12.3. The average Bonchev–Trinajstić information content (AvgIpc) is 3.46. The molecular formula is C33H53N3O7. The van der Waals surface area contributed by atoms with Gasteiger partial charge < -0.3 is 29.7 Å². The second kappa shape index (κ2) is 17.3. The molecule has 0 spiro atoms. The monoisotopic (exact) mass is 603 g/mol. The number of amides is 3. The van der Waals surface area contributed by atoms with E-state index in [4.69, 9.17) is 9.47 Å². The first-order valence-corrected chi connectivity index (χ1v) is 15.5. The van der Waals surface area contributed by atoms with Gasteiger partial charge in [0.1, 0.15) is 6.04 Å². The molecule has 0 radical (unpaired) electrons. The van der Waals surface area contributed by atoms with E-state index in [1.165, 1.54) is 7.11 Å². The van der Waals surface area contributed by atoms with Crippen molar-refractivity contribution in [2.24, 2.45) is 17.8 Å². The summed E-state index contributed by atoms with van der Waals surface area (Å²) in [6, 6.07) is 7.43. The van der Waals surface area contributed by atoms with E-state index in [2.05, 4.69) is 19.2 Å². The maximum atomic E-state index is 13.8. The Morgan fingerprint density at radius 3 is 2.23 bits per heavy atom. The number of nitrogens with one attached hydrogen (secondary N) is 1. The van der Waals surface area contributed by atoms with E-state index >= 15 is 0 Å². The number of carbonyl (C=O) groups is 4. The Morgan fingerprint density at radius 1 is 1.05 bits per heavy atom. The third-order valence-corrected chi connectivity index (χ3v) is 8.78. The molecule has 0 bridgehead atoms. The molecule has 0 aliphatic carbocycles. The summed E-state index contributed by atoms with van der Waals surface area (Å²) < 4.78 is 11.7. The first kappa shape index (κ1) is 36.2. The number of ether oxygens (including phenoxy) is 2. The lowest BCUT2D eigenvalue weighted by Crippen LogP contribution is -2.54. The van der Waals surface area contributed by atoms with E-state index in [-0.39, 0.29) is 48.6 Å². The molecule has 242 valence electrons. The van der Waals surface area contributed by atoms with Gasteiger partial charge in [-0.25, -0.2) is 4.79 Å². The minimum atomic E-state index is -1.12. The van der Waals surface area contributed by atoms with Gasteiger partial charge in [0.25, 0.3) is 0 Å². The number of hydrogen-bond acceptors (Lipinski definition) is 6. The van der Waals surface area contributed by atoms with E-state index in [0.717, 1.165) is 18.4 Å². The molecule has 2 N–H and O–H groups in total. The topological polar surface area (TPSA) is 125 Å². The third kappa shape index (κ3) is 10.0. The minimum Gasteiger partial charge on any atom is -0.480 e. The highest BCUT2D eigenvalue weighted by molar-refractivity contribution is 5.85. The van der Waals surface area contributed by atoms with Crippen molar-refractivity contribution in [1.29, 1.82) is 0 Å². The zero-order chi connectivity index (χ0) is 32.3. The maximum Gasteiger partial charge on any atom is 0.326 e. The van der Waals surface area contributed by atoms with Crippen molar-refractivity contribution in [1.82, 2.24) is 15.1 Å². The summed E-state index contributed by atoms with van der Waals surface area (Å²) in [6.45, 7) is 10.4. The molecule has 1 fully saturated rings. The molecule has 10 nitrogen and oxygen atoms in total. The van der Waals surface area contributed by atoms with Crippen LogP contribution in [0.25, 0.3) is 0 Å². The van der Waals surface area contributed by atoms with Gasteiger partial charge in [-0.05, 0) is 30.2 Å². The molecule has 2 rings (SSSR count). The SMILES string of the molecule is CCC(C)C(C(CC(=O)N1CCCC1C(OC)[C@@H](C)C(=O)NC(Cc1ccccc1)C(=O)O)OC)N(C)C(=O)CC(C)C. The Labute approximate surface area is 257 Å². The number of rotatable bonds is 17. The normalized spacial score (nSPS) is 19.3. The van der Waals surface area contributed by atoms with Crippen LogP contribution in [0.4, 0.5) is 0 Å². The van der Waals surface area contributed by atoms with Gasteiger partial charge in [-0.15, -0.1) is 0 Å². The fourth-order valence-corrected chi connectivity index (χ4v) is 6.17. The van der Waals surface area contributed by atoms with Crippen molar-refractivity contribution in [2.75, 3.05) is 27.8 Å². The van der Waals surface area contributed by atoms with Crippen molar-refractivity contribution in [3.63, 3.8) is 0 Å². The molecule has 0 saturated carbocycles. The van der Waals surface area contributed by atoms with Crippen LogP contribution in [0, 0.1) is 17.8 Å². The van der Waals surface area contributed by atoms with Crippen LogP contribution in [0.1, 0.15) is 72.3 Å². The number of aliphatic carboxylic acids is 1. The van der Waals surface area contributed by atoms with Crippen LogP contribution >= 0.6 is 0 Å². The van der Waals surface area contributed by atoms with Crippen molar-refractivity contribution < 1.29 is 33.8 Å². The number of likely N-dealkylation sites (tertiary alicyclic amines) is 1. The molecule has 1 aromatic carbocycles. The molecule has 3 amide bonds. The molecule has 0 aromatic heterocycles. The molecule has 1 aliphatic heterocycles. The second-order valence-corrected chi connectivity index (χ2v) is 12.3. The molecule has 1 aromatic rings. The van der Waals surface area contributed by atoms with Crippen molar-refractivity contribution >= 4 is 23.7 Å². The third-order valence-electron chi connectivity index (χ3n) is 8.78. The number of nitrogens with zero attached hydrogens (tertiary/aromatic N) is 2. The Balaban J connectivity index is 2.18. The highest BCUT2D eigenvalue weighted by atomic mass is 16.5. The number of methoxy groups -OCH3 is 2. The number of carboxylic acid groups (broad SMARTS) is 1. The Kier molecular flexibility index (Phi) is 14.6. The Morgan fingerprint density at radius 2 is 1.70 bits per heavy atom. The van der Waals surface area contributed by atoms with Gasteiger partial charge in [-0.1, -0.05) is 71.4 Å². The van der Waals surface area contributed by atoms with Gasteiger partial charge in [0.15, 0.2) is 0 Å². The first-order valence-electron chi connectivity index (χ1n) is 15.5. The smallest absolute Gasteiger partial charge is 0.326 e. The average molecular weight is 604 g/mol. The predicted molar refractivity (Wildman–Crippen MR) is 165 cm³/mol. The molecule has 43 heavy (non-hydrogen) atoms. The van der Waals surface area contributed by atoms with E-state index in [1.54, 1.807) is 30.9 Å². The van der Waals surface area contributed by atoms with Crippen LogP contribution in [0.2, 0.25) is 0 Å². The number of carboxylic acids is 1. The summed E-state index contributed by atoms with van der Waals surface area (Å²) in [5.74, 6) is -2.02. The molecule has 1 aliphatic rings. The number of hydrogen-bond donors (Lipinski definition) is 2. The quantitative estimate of drug-likeness (QED) is 0.278. The maximum absolute atomic E-state index is 13.8. The van der Waals surface area contributed by atoms with Crippen molar-refractivity contribution in [3.8, 4) is 0 Å². The van der Waals surface area contributed by atoms with Gasteiger partial charge in [0.05, 0.1) is 36.6 Å². The number of carbonyl (C=O) groups excluding carboxylic acids is 3. The van der Waals surface area contributed by atoms with Crippen LogP contribution < -0.4 is 5.32 Å². The van der Waals surface area contributed by atoms with Gasteiger partial charge >= 0.3 is 5.97 Å². The van der Waals surface area contributed by atoms with Crippen LogP contribution in [0.15, 0.2) is 30.3 Å². The minimum absolute atomic E-state index is 0.0278. The first-order chi connectivity index (χ1) is 20.4. The fourth-order valence-electron chi connectivity index (χ4n) is 6.17.